The molecule has 0 amide bonds. The molecule has 0 radical (unpaired) electrons. The number of halogens is 2. The van der Waals surface area contributed by atoms with E-state index in [-0.39, 0.29) is 24.0 Å². The molecule has 3 N–H and O–H groups in total. The second kappa shape index (κ2) is 9.66. The molecule has 2 aromatic carbocycles. The second-order valence-corrected chi connectivity index (χ2v) is 8.75. The minimum absolute atomic E-state index is 0. The summed E-state index contributed by atoms with van der Waals surface area (Å²) in [5.41, 5.74) is 8.83. The van der Waals surface area contributed by atoms with E-state index in [2.05, 4.69) is 9.88 Å². The van der Waals surface area contributed by atoms with Crippen LogP contribution in [0.15, 0.2) is 47.3 Å². The number of esters is 1. The molecule has 10 heteroatoms. The zero-order valence-electron chi connectivity index (χ0n) is 18.6. The summed E-state index contributed by atoms with van der Waals surface area (Å²) in [6, 6.07) is 12.6. The first-order chi connectivity index (χ1) is 16.0. The number of hydrogen-bond donors (Lipinski definition) is 2. The summed E-state index contributed by atoms with van der Waals surface area (Å²) in [4.78, 5) is 35.4. The molecule has 0 saturated carbocycles. The fourth-order valence-electron chi connectivity index (χ4n) is 4.51. The van der Waals surface area contributed by atoms with E-state index in [0.717, 1.165) is 24.9 Å². The molecule has 1 fully saturated rings. The molecular weight excluding hydrogens is 477 g/mol. The maximum Gasteiger partial charge on any atom is 0.337 e. The quantitative estimate of drug-likeness (QED) is 0.412. The number of imidazole rings is 1. The van der Waals surface area contributed by atoms with Crippen LogP contribution in [0.2, 0.25) is 5.02 Å². The van der Waals surface area contributed by atoms with E-state index in [1.165, 1.54) is 7.11 Å². The van der Waals surface area contributed by atoms with Crippen molar-refractivity contribution in [1.82, 2.24) is 14.5 Å². The Morgan fingerprint density at radius 2 is 2.09 bits per heavy atom. The van der Waals surface area contributed by atoms with Crippen LogP contribution in [0.25, 0.3) is 21.9 Å². The molecule has 1 aliphatic heterocycles. The summed E-state index contributed by atoms with van der Waals surface area (Å²) in [6.45, 7) is 1.82. The monoisotopic (exact) mass is 501 g/mol. The van der Waals surface area contributed by atoms with Crippen molar-refractivity contribution in [3.63, 3.8) is 0 Å². The number of methoxy groups -OCH3 is 1. The SMILES string of the molecule is COC(=O)c1ccc2[nH]c(=O)c3c(nc(N4CCC[C@@H](N)C4)n3Cc3ccccc3Cl)c2c1.Cl. The number of fused-ring (bicyclic) bond motifs is 3. The standard InChI is InChI=1S/C24H24ClN5O3.ClH/c1-33-23(32)14-8-9-19-17(11-14)20-21(22(31)27-19)30(12-15-5-2-3-7-18(15)25)24(28-20)29-10-4-6-16(26)13-29;/h2-3,5,7-9,11,16H,4,6,10,12-13,26H2,1H3,(H,27,31);1H/t16-;/m1./s1. The van der Waals surface area contributed by atoms with E-state index >= 15 is 0 Å². The molecule has 2 aromatic heterocycles. The highest BCUT2D eigenvalue weighted by Gasteiger charge is 2.25. The molecule has 3 heterocycles. The number of anilines is 1. The van der Waals surface area contributed by atoms with E-state index in [1.54, 1.807) is 18.2 Å². The van der Waals surface area contributed by atoms with E-state index in [0.29, 0.717) is 51.6 Å². The second-order valence-electron chi connectivity index (χ2n) is 8.34. The summed E-state index contributed by atoms with van der Waals surface area (Å²) in [5.74, 6) is 0.218. The van der Waals surface area contributed by atoms with E-state index in [1.807, 2.05) is 28.8 Å². The number of nitrogens with zero attached hydrogens (tertiary/aromatic N) is 3. The van der Waals surface area contributed by atoms with E-state index in [4.69, 9.17) is 27.1 Å². The Kier molecular flexibility index (Phi) is 6.84. The fraction of sp³-hybridized carbons (Fsp3) is 0.292. The molecule has 0 unspecified atom stereocenters. The van der Waals surface area contributed by atoms with Gasteiger partial charge in [-0.05, 0) is 42.7 Å². The number of piperidine rings is 1. The Bertz CT molecular complexity index is 1430. The summed E-state index contributed by atoms with van der Waals surface area (Å²) in [6.07, 6.45) is 1.90. The van der Waals surface area contributed by atoms with Gasteiger partial charge in [-0.2, -0.15) is 0 Å². The van der Waals surface area contributed by atoms with E-state index in [9.17, 15) is 9.59 Å². The number of hydrogen-bond acceptors (Lipinski definition) is 6. The van der Waals surface area contributed by atoms with Crippen LogP contribution in [-0.4, -0.2) is 46.7 Å². The van der Waals surface area contributed by atoms with Gasteiger partial charge >= 0.3 is 5.97 Å². The molecule has 1 atom stereocenters. The number of aromatic nitrogens is 3. The summed E-state index contributed by atoms with van der Waals surface area (Å²) in [7, 11) is 1.34. The molecule has 0 spiro atoms. The lowest BCUT2D eigenvalue weighted by molar-refractivity contribution is 0.0601. The van der Waals surface area contributed by atoms with Crippen LogP contribution in [0.1, 0.15) is 28.8 Å². The summed E-state index contributed by atoms with van der Waals surface area (Å²) in [5, 5.41) is 1.29. The minimum Gasteiger partial charge on any atom is -0.465 e. The van der Waals surface area contributed by atoms with Crippen LogP contribution >= 0.6 is 24.0 Å². The lowest BCUT2D eigenvalue weighted by Crippen LogP contribution is -2.44. The molecule has 1 saturated heterocycles. The first kappa shape index (κ1) is 24.1. The third-order valence-electron chi connectivity index (χ3n) is 6.13. The predicted molar refractivity (Wildman–Crippen MR) is 136 cm³/mol. The van der Waals surface area contributed by atoms with Crippen LogP contribution in [0.5, 0.6) is 0 Å². The fourth-order valence-corrected chi connectivity index (χ4v) is 4.71. The Labute approximate surface area is 207 Å². The maximum atomic E-state index is 13.2. The highest BCUT2D eigenvalue weighted by molar-refractivity contribution is 6.31. The topological polar surface area (TPSA) is 106 Å². The van der Waals surface area contributed by atoms with Gasteiger partial charge in [-0.15, -0.1) is 12.4 Å². The van der Waals surface area contributed by atoms with Crippen LogP contribution in [0, 0.1) is 0 Å². The minimum atomic E-state index is -0.450. The number of aromatic amines is 1. The summed E-state index contributed by atoms with van der Waals surface area (Å²) < 4.78 is 6.78. The molecule has 34 heavy (non-hydrogen) atoms. The molecule has 5 rings (SSSR count). The average Bonchev–Trinajstić information content (AvgIpc) is 3.20. The normalized spacial score (nSPS) is 16.0. The Morgan fingerprint density at radius 3 is 2.82 bits per heavy atom. The van der Waals surface area contributed by atoms with Gasteiger partial charge in [0.15, 0.2) is 0 Å². The number of rotatable bonds is 4. The molecule has 0 aliphatic carbocycles. The Hall–Kier alpha value is -3.07. The van der Waals surface area contributed by atoms with Gasteiger partial charge < -0.3 is 24.9 Å². The van der Waals surface area contributed by atoms with Crippen molar-refractivity contribution in [3.8, 4) is 0 Å². The third-order valence-corrected chi connectivity index (χ3v) is 6.50. The van der Waals surface area contributed by atoms with Gasteiger partial charge in [0.25, 0.3) is 5.56 Å². The Balaban J connectivity index is 0.00000274. The van der Waals surface area contributed by atoms with Gasteiger partial charge in [0.2, 0.25) is 5.95 Å². The average molecular weight is 502 g/mol. The van der Waals surface area contributed by atoms with Gasteiger partial charge in [-0.3, -0.25) is 4.79 Å². The van der Waals surface area contributed by atoms with Crippen molar-refractivity contribution in [3.05, 3.63) is 69.0 Å². The van der Waals surface area contributed by atoms with Crippen molar-refractivity contribution >= 4 is 57.9 Å². The lowest BCUT2D eigenvalue weighted by Gasteiger charge is -2.32. The number of carbonyl (C=O) groups is 1. The largest absolute Gasteiger partial charge is 0.465 e. The number of H-pyrrole nitrogens is 1. The number of nitrogens with one attached hydrogen (secondary N) is 1. The maximum absolute atomic E-state index is 13.2. The van der Waals surface area contributed by atoms with Crippen LogP contribution in [0.4, 0.5) is 5.95 Å². The Morgan fingerprint density at radius 1 is 1.29 bits per heavy atom. The molecule has 1 aliphatic rings. The van der Waals surface area contributed by atoms with Crippen LogP contribution in [0.3, 0.4) is 0 Å². The van der Waals surface area contributed by atoms with Crippen molar-refractivity contribution < 1.29 is 9.53 Å². The van der Waals surface area contributed by atoms with Gasteiger partial charge in [0.1, 0.15) is 11.0 Å². The van der Waals surface area contributed by atoms with Crippen molar-refractivity contribution in [2.45, 2.75) is 25.4 Å². The predicted octanol–water partition coefficient (Wildman–Crippen LogP) is 3.72. The third kappa shape index (κ3) is 4.24. The number of ether oxygens (including phenoxy) is 1. The van der Waals surface area contributed by atoms with Crippen LogP contribution < -0.4 is 16.2 Å². The van der Waals surface area contributed by atoms with E-state index < -0.39 is 5.97 Å². The molecule has 4 aromatic rings. The smallest absolute Gasteiger partial charge is 0.337 e. The van der Waals surface area contributed by atoms with Crippen molar-refractivity contribution in [2.75, 3.05) is 25.1 Å². The highest BCUT2D eigenvalue weighted by Crippen LogP contribution is 2.30. The van der Waals surface area contributed by atoms with Gasteiger partial charge in [-0.1, -0.05) is 29.8 Å². The zero-order chi connectivity index (χ0) is 23.1. The van der Waals surface area contributed by atoms with Gasteiger partial charge in [-0.25, -0.2) is 9.78 Å². The van der Waals surface area contributed by atoms with Gasteiger partial charge in [0, 0.05) is 29.5 Å². The molecule has 178 valence electrons. The van der Waals surface area contributed by atoms with Crippen molar-refractivity contribution in [2.24, 2.45) is 5.73 Å². The van der Waals surface area contributed by atoms with Crippen molar-refractivity contribution in [1.29, 1.82) is 0 Å². The zero-order valence-corrected chi connectivity index (χ0v) is 20.2. The van der Waals surface area contributed by atoms with Gasteiger partial charge in [0.05, 0.1) is 24.7 Å². The molecular formula is C24H25Cl2N5O3. The first-order valence-electron chi connectivity index (χ1n) is 10.8. The first-order valence-corrected chi connectivity index (χ1v) is 11.2. The number of nitrogens with two attached hydrogens (primary N) is 1. The molecule has 8 nitrogen and oxygen atoms in total. The van der Waals surface area contributed by atoms with Crippen LogP contribution in [-0.2, 0) is 11.3 Å². The number of benzene rings is 2. The highest BCUT2D eigenvalue weighted by atomic mass is 35.5. The number of pyridine rings is 1. The summed E-state index contributed by atoms with van der Waals surface area (Å²) >= 11 is 6.46. The lowest BCUT2D eigenvalue weighted by atomic mass is 10.1. The molecule has 0 bridgehead atoms. The number of carbonyl (C=O) groups excluding carboxylic acids is 1.